The van der Waals surface area contributed by atoms with Gasteiger partial charge < -0.3 is 0 Å². The van der Waals surface area contributed by atoms with Crippen molar-refractivity contribution in [3.05, 3.63) is 0 Å². The van der Waals surface area contributed by atoms with Gasteiger partial charge in [-0.25, -0.2) is 0 Å². The molecule has 0 aromatic heterocycles. The van der Waals surface area contributed by atoms with Crippen LogP contribution in [-0.2, 0) is 14.5 Å². The van der Waals surface area contributed by atoms with E-state index in [1.165, 1.54) is 32.1 Å². The fourth-order valence-electron chi connectivity index (χ4n) is 1.06. The predicted molar refractivity (Wildman–Crippen MR) is 34.0 cm³/mol. The first kappa shape index (κ1) is 6.51. The molecule has 1 fully saturated rings. The molecule has 0 spiro atoms. The number of hydrogen-bond donors (Lipinski definition) is 0. The van der Waals surface area contributed by atoms with Gasteiger partial charge in [0.1, 0.15) is 0 Å². The third-order valence-corrected chi connectivity index (χ3v) is 2.71. The molecular weight excluding hydrogens is 148 g/mol. The van der Waals surface area contributed by atoms with Gasteiger partial charge >= 0.3 is 56.9 Å². The monoisotopic (exact) mass is 160 g/mol. The van der Waals surface area contributed by atoms with Gasteiger partial charge in [-0.15, -0.1) is 0 Å². The average Bonchev–Trinajstić information content (AvgIpc) is 1.90. The second kappa shape index (κ2) is 3.42. The van der Waals surface area contributed by atoms with Crippen LogP contribution < -0.4 is 0 Å². The summed E-state index contributed by atoms with van der Waals surface area (Å²) in [6.07, 6.45) is 7.11. The van der Waals surface area contributed by atoms with E-state index in [1.807, 2.05) is 14.5 Å². The molecule has 52 valence electrons. The van der Waals surface area contributed by atoms with Crippen molar-refractivity contribution in [1.82, 2.24) is 0 Å². The minimum absolute atomic E-state index is 1.39. The van der Waals surface area contributed by atoms with Gasteiger partial charge in [0.2, 0.25) is 0 Å². The van der Waals surface area contributed by atoms with Crippen molar-refractivity contribution in [3.8, 4) is 0 Å². The second-order valence-corrected chi connectivity index (χ2v) is 3.31. The summed E-state index contributed by atoms with van der Waals surface area (Å²) in [5.41, 5.74) is 0. The molecule has 0 unspecified atom stereocenters. The Morgan fingerprint density at radius 1 is 1.12 bits per heavy atom. The zero-order valence-electron chi connectivity index (χ0n) is 5.34. The first-order valence-electron chi connectivity index (χ1n) is 3.16. The topological polar surface area (TPSA) is 0 Å². The van der Waals surface area contributed by atoms with Crippen LogP contribution in [0.4, 0.5) is 0 Å². The van der Waals surface area contributed by atoms with Gasteiger partial charge in [0.15, 0.2) is 0 Å². The summed E-state index contributed by atoms with van der Waals surface area (Å²) in [4.78, 5) is 0. The summed E-state index contributed by atoms with van der Waals surface area (Å²) in [6.45, 7) is 0. The van der Waals surface area contributed by atoms with Crippen LogP contribution in [-0.4, -0.2) is 4.42 Å². The summed E-state index contributed by atoms with van der Waals surface area (Å²) < 4.78 is 1.71. The predicted octanol–water partition coefficient (Wildman–Crippen LogP) is 2.25. The molecule has 0 bridgehead atoms. The standard InChI is InChI=1S/C6H10.CH3.Cu/c1-2-4-6-5-3-1;;/h1-5H2;1H3;. The molecule has 1 aliphatic rings. The van der Waals surface area contributed by atoms with Crippen molar-refractivity contribution in [3.63, 3.8) is 0 Å². The van der Waals surface area contributed by atoms with Crippen molar-refractivity contribution < 1.29 is 14.5 Å². The van der Waals surface area contributed by atoms with Crippen molar-refractivity contribution in [2.75, 3.05) is 0 Å². The molecule has 8 heavy (non-hydrogen) atoms. The Hall–Kier alpha value is 0.389. The molecule has 0 heterocycles. The molecular formula is C7H13Cu. The van der Waals surface area contributed by atoms with E-state index in [2.05, 4.69) is 5.82 Å². The molecule has 0 nitrogen and oxygen atoms in total. The zero-order chi connectivity index (χ0) is 5.82. The zero-order valence-corrected chi connectivity index (χ0v) is 6.28. The van der Waals surface area contributed by atoms with Crippen LogP contribution in [0.2, 0.25) is 5.82 Å². The third-order valence-electron chi connectivity index (χ3n) is 1.57. The van der Waals surface area contributed by atoms with Crippen LogP contribution in [0.5, 0.6) is 0 Å². The number of rotatable bonds is 0. The number of hydrogen-bond acceptors (Lipinski definition) is 0. The maximum atomic E-state index is 2.18. The first-order chi connectivity index (χ1) is 3.93. The third kappa shape index (κ3) is 1.72. The fraction of sp³-hybridized carbons (Fsp3) is 0.857. The van der Waals surface area contributed by atoms with Crippen LogP contribution >= 0.6 is 0 Å². The maximum absolute atomic E-state index is 2.18. The van der Waals surface area contributed by atoms with Gasteiger partial charge in [0, 0.05) is 0 Å². The van der Waals surface area contributed by atoms with Crippen molar-refractivity contribution >= 4 is 4.42 Å². The van der Waals surface area contributed by atoms with Gasteiger partial charge in [-0.3, -0.25) is 0 Å². The molecule has 0 atom stereocenters. The Morgan fingerprint density at radius 3 is 2.12 bits per heavy atom. The van der Waals surface area contributed by atoms with Crippen LogP contribution in [0.1, 0.15) is 32.1 Å². The Bertz CT molecular complexity index is 86.6. The fourth-order valence-corrected chi connectivity index (χ4v) is 1.86. The van der Waals surface area contributed by atoms with Crippen LogP contribution in [0.25, 0.3) is 0 Å². The van der Waals surface area contributed by atoms with Crippen LogP contribution in [0, 0.1) is 0 Å². The normalized spacial score (nSPS) is 21.9. The SMILES string of the molecule is [CH3][Cu]=[C]1CCCCC1. The van der Waals surface area contributed by atoms with E-state index in [0.717, 1.165) is 0 Å². The van der Waals surface area contributed by atoms with E-state index in [-0.39, 0.29) is 0 Å². The van der Waals surface area contributed by atoms with E-state index in [9.17, 15) is 0 Å². The minimum atomic E-state index is 1.39. The van der Waals surface area contributed by atoms with Gasteiger partial charge in [0.25, 0.3) is 0 Å². The average molecular weight is 161 g/mol. The van der Waals surface area contributed by atoms with E-state index in [4.69, 9.17) is 0 Å². The van der Waals surface area contributed by atoms with E-state index in [0.29, 0.717) is 0 Å². The van der Waals surface area contributed by atoms with Crippen molar-refractivity contribution in [2.24, 2.45) is 0 Å². The van der Waals surface area contributed by atoms with Crippen LogP contribution in [0.15, 0.2) is 0 Å². The van der Waals surface area contributed by atoms with Crippen molar-refractivity contribution in [2.45, 2.75) is 37.9 Å². The van der Waals surface area contributed by atoms with Gasteiger partial charge in [0.05, 0.1) is 0 Å². The van der Waals surface area contributed by atoms with E-state index < -0.39 is 0 Å². The molecule has 0 saturated heterocycles. The van der Waals surface area contributed by atoms with Crippen LogP contribution in [0.3, 0.4) is 0 Å². The Balaban J connectivity index is 2.33. The molecule has 1 saturated carbocycles. The van der Waals surface area contributed by atoms with E-state index >= 15 is 0 Å². The summed E-state index contributed by atoms with van der Waals surface area (Å²) in [6, 6.07) is 0. The molecule has 0 N–H and O–H groups in total. The molecule has 1 aliphatic carbocycles. The van der Waals surface area contributed by atoms with E-state index in [1.54, 1.807) is 4.42 Å². The Labute approximate surface area is 57.4 Å². The Morgan fingerprint density at radius 2 is 1.75 bits per heavy atom. The molecule has 0 amide bonds. The van der Waals surface area contributed by atoms with Gasteiger partial charge in [-0.1, -0.05) is 0 Å². The first-order valence-corrected chi connectivity index (χ1v) is 4.57. The molecule has 0 radical (unpaired) electrons. The molecule has 0 aromatic carbocycles. The second-order valence-electron chi connectivity index (χ2n) is 2.17. The molecule has 0 aliphatic heterocycles. The molecule has 1 heteroatoms. The summed E-state index contributed by atoms with van der Waals surface area (Å²) in [7, 11) is 0. The summed E-state index contributed by atoms with van der Waals surface area (Å²) in [5, 5.41) is 0. The molecule has 1 rings (SSSR count). The van der Waals surface area contributed by atoms with Gasteiger partial charge in [-0.2, -0.15) is 0 Å². The quantitative estimate of drug-likeness (QED) is 0.477. The summed E-state index contributed by atoms with van der Waals surface area (Å²) >= 11 is 2.04. The molecule has 0 aromatic rings. The Kier molecular flexibility index (Phi) is 2.78. The van der Waals surface area contributed by atoms with Gasteiger partial charge in [-0.05, 0) is 0 Å². The van der Waals surface area contributed by atoms with Crippen molar-refractivity contribution in [1.29, 1.82) is 0 Å². The summed E-state index contributed by atoms with van der Waals surface area (Å²) in [5.74, 6) is 2.18.